The fourth-order valence-corrected chi connectivity index (χ4v) is 1.40. The van der Waals surface area contributed by atoms with Gasteiger partial charge in [-0.1, -0.05) is 30.3 Å². The largest absolute Gasteiger partial charge is 0.462 e. The maximum atomic E-state index is 11.3. The molecule has 0 aliphatic heterocycles. The third-order valence-electron chi connectivity index (χ3n) is 2.26. The van der Waals surface area contributed by atoms with Crippen molar-refractivity contribution in [3.63, 3.8) is 0 Å². The van der Waals surface area contributed by atoms with Crippen molar-refractivity contribution in [2.24, 2.45) is 0 Å². The molecule has 1 rings (SSSR count). The Hall–Kier alpha value is -1.68. The van der Waals surface area contributed by atoms with E-state index in [1.165, 1.54) is 0 Å². The van der Waals surface area contributed by atoms with E-state index in [0.29, 0.717) is 5.71 Å². The Bertz CT molecular complexity index is 376. The van der Waals surface area contributed by atoms with E-state index in [0.717, 1.165) is 5.56 Å². The molecule has 0 amide bonds. The Morgan fingerprint density at radius 1 is 1.35 bits per heavy atom. The number of ether oxygens (including phenoxy) is 2. The van der Waals surface area contributed by atoms with Crippen LogP contribution in [0.25, 0.3) is 0 Å². The monoisotopic (exact) mass is 235 g/mol. The molecule has 1 N–H and O–H groups in total. The van der Waals surface area contributed by atoms with Crippen LogP contribution in [0.2, 0.25) is 0 Å². The van der Waals surface area contributed by atoms with Crippen molar-refractivity contribution in [2.45, 2.75) is 19.4 Å². The molecule has 0 radical (unpaired) electrons. The molecule has 0 unspecified atom stereocenters. The van der Waals surface area contributed by atoms with Gasteiger partial charge in [-0.3, -0.25) is 4.79 Å². The van der Waals surface area contributed by atoms with Gasteiger partial charge in [0.1, 0.15) is 12.7 Å². The molecular weight excluding hydrogens is 218 g/mol. The summed E-state index contributed by atoms with van der Waals surface area (Å²) in [6, 6.07) is 9.57. The highest BCUT2D eigenvalue weighted by Crippen LogP contribution is 2.16. The van der Waals surface area contributed by atoms with Gasteiger partial charge < -0.3 is 14.9 Å². The minimum atomic E-state index is -0.393. The first-order valence-electron chi connectivity index (χ1n) is 5.41. The first-order valence-corrected chi connectivity index (χ1v) is 5.41. The van der Waals surface area contributed by atoms with Crippen molar-refractivity contribution < 1.29 is 14.3 Å². The zero-order valence-electron chi connectivity index (χ0n) is 10.1. The van der Waals surface area contributed by atoms with Crippen LogP contribution >= 0.6 is 0 Å². The number of carbonyl (C=O) groups excluding carboxylic acids is 1. The molecule has 92 valence electrons. The van der Waals surface area contributed by atoms with Crippen molar-refractivity contribution in [1.82, 2.24) is 0 Å². The van der Waals surface area contributed by atoms with Gasteiger partial charge >= 0.3 is 5.97 Å². The summed E-state index contributed by atoms with van der Waals surface area (Å²) in [5.74, 6) is -0.393. The average molecular weight is 235 g/mol. The third kappa shape index (κ3) is 4.78. The first kappa shape index (κ1) is 13.4. The summed E-state index contributed by atoms with van der Waals surface area (Å²) in [4.78, 5) is 11.3. The van der Waals surface area contributed by atoms with Crippen LogP contribution in [0.15, 0.2) is 30.3 Å². The fourth-order valence-electron chi connectivity index (χ4n) is 1.40. The smallest absolute Gasteiger partial charge is 0.311 e. The molecule has 4 heteroatoms. The molecule has 0 saturated heterocycles. The van der Waals surface area contributed by atoms with E-state index < -0.39 is 5.97 Å². The van der Waals surface area contributed by atoms with Gasteiger partial charge in [-0.2, -0.15) is 0 Å². The lowest BCUT2D eigenvalue weighted by Crippen LogP contribution is -2.15. The van der Waals surface area contributed by atoms with Gasteiger partial charge in [-0.15, -0.1) is 0 Å². The third-order valence-corrected chi connectivity index (χ3v) is 2.26. The predicted octanol–water partition coefficient (Wildman–Crippen LogP) is 2.35. The van der Waals surface area contributed by atoms with E-state index in [9.17, 15) is 4.79 Å². The van der Waals surface area contributed by atoms with Gasteiger partial charge in [0.2, 0.25) is 0 Å². The molecule has 1 aromatic rings. The van der Waals surface area contributed by atoms with E-state index in [1.807, 2.05) is 30.3 Å². The van der Waals surface area contributed by atoms with E-state index in [4.69, 9.17) is 14.9 Å². The molecule has 17 heavy (non-hydrogen) atoms. The Labute approximate surface area is 101 Å². The van der Waals surface area contributed by atoms with Crippen LogP contribution in [0.4, 0.5) is 0 Å². The van der Waals surface area contributed by atoms with Crippen LogP contribution in [0.5, 0.6) is 0 Å². The summed E-state index contributed by atoms with van der Waals surface area (Å²) in [7, 11) is 1.58. The van der Waals surface area contributed by atoms with E-state index in [1.54, 1.807) is 14.0 Å². The average Bonchev–Trinajstić information content (AvgIpc) is 2.30. The van der Waals surface area contributed by atoms with Crippen LogP contribution in [0.1, 0.15) is 25.0 Å². The van der Waals surface area contributed by atoms with Crippen LogP contribution in [0.3, 0.4) is 0 Å². The molecule has 0 bridgehead atoms. The molecular formula is C13H17NO3. The minimum Gasteiger partial charge on any atom is -0.462 e. The van der Waals surface area contributed by atoms with Gasteiger partial charge in [0, 0.05) is 12.8 Å². The normalized spacial score (nSPS) is 11.9. The summed E-state index contributed by atoms with van der Waals surface area (Å²) < 4.78 is 10.3. The molecule has 0 fully saturated rings. The zero-order valence-corrected chi connectivity index (χ0v) is 10.1. The van der Waals surface area contributed by atoms with Crippen molar-refractivity contribution in [1.29, 1.82) is 5.41 Å². The molecule has 1 aromatic carbocycles. The summed E-state index contributed by atoms with van der Waals surface area (Å²) in [5, 5.41) is 7.19. The van der Waals surface area contributed by atoms with Crippen LogP contribution in [0, 0.1) is 5.41 Å². The standard InChI is InChI=1S/C13H17NO3/c1-10(14)8-13(15)17-9-12(16-2)11-6-4-3-5-7-11/h3-7,12,14H,8-9H2,1-2H3/t12-/m1/s1. The van der Waals surface area contributed by atoms with Crippen molar-refractivity contribution >= 4 is 11.7 Å². The van der Waals surface area contributed by atoms with Gasteiger partial charge in [0.25, 0.3) is 0 Å². The molecule has 4 nitrogen and oxygen atoms in total. The second-order valence-corrected chi connectivity index (χ2v) is 3.78. The zero-order chi connectivity index (χ0) is 12.7. The van der Waals surface area contributed by atoms with Crippen LogP contribution < -0.4 is 0 Å². The molecule has 0 spiro atoms. The van der Waals surface area contributed by atoms with Crippen LogP contribution in [-0.2, 0) is 14.3 Å². The second kappa shape index (κ2) is 6.81. The van der Waals surface area contributed by atoms with Crippen molar-refractivity contribution in [2.75, 3.05) is 13.7 Å². The molecule has 0 aromatic heterocycles. The van der Waals surface area contributed by atoms with Gasteiger partial charge in [0.05, 0.1) is 6.42 Å². The Morgan fingerprint density at radius 3 is 2.53 bits per heavy atom. The lowest BCUT2D eigenvalue weighted by atomic mass is 10.1. The highest BCUT2D eigenvalue weighted by Gasteiger charge is 2.13. The maximum Gasteiger partial charge on any atom is 0.311 e. The Balaban J connectivity index is 2.49. The number of nitrogens with one attached hydrogen (secondary N) is 1. The number of methoxy groups -OCH3 is 1. The first-order chi connectivity index (χ1) is 8.13. The number of esters is 1. The minimum absolute atomic E-state index is 0.0330. The van der Waals surface area contributed by atoms with E-state index in [-0.39, 0.29) is 19.1 Å². The summed E-state index contributed by atoms with van der Waals surface area (Å²) in [6.07, 6.45) is -0.225. The summed E-state index contributed by atoms with van der Waals surface area (Å²) in [5.41, 5.74) is 1.26. The number of carbonyl (C=O) groups is 1. The number of hydrogen-bond acceptors (Lipinski definition) is 4. The Kier molecular flexibility index (Phi) is 5.36. The SMILES string of the molecule is CO[C@H](COC(=O)CC(C)=N)c1ccccc1. The summed E-state index contributed by atoms with van der Waals surface area (Å²) >= 11 is 0. The van der Waals surface area contributed by atoms with Gasteiger partial charge in [0.15, 0.2) is 0 Å². The quantitative estimate of drug-likeness (QED) is 0.608. The predicted molar refractivity (Wildman–Crippen MR) is 65.2 cm³/mol. The van der Waals surface area contributed by atoms with Gasteiger partial charge in [-0.25, -0.2) is 0 Å². The van der Waals surface area contributed by atoms with Gasteiger partial charge in [-0.05, 0) is 12.5 Å². The second-order valence-electron chi connectivity index (χ2n) is 3.78. The molecule has 0 saturated carbocycles. The van der Waals surface area contributed by atoms with Crippen molar-refractivity contribution in [3.8, 4) is 0 Å². The van der Waals surface area contributed by atoms with Crippen LogP contribution in [-0.4, -0.2) is 25.4 Å². The molecule has 0 aliphatic rings. The maximum absolute atomic E-state index is 11.3. The lowest BCUT2D eigenvalue weighted by Gasteiger charge is -2.15. The number of benzene rings is 1. The topological polar surface area (TPSA) is 59.4 Å². The Morgan fingerprint density at radius 2 is 2.00 bits per heavy atom. The van der Waals surface area contributed by atoms with E-state index in [2.05, 4.69) is 0 Å². The number of hydrogen-bond donors (Lipinski definition) is 1. The lowest BCUT2D eigenvalue weighted by molar-refractivity contribution is -0.145. The highest BCUT2D eigenvalue weighted by molar-refractivity contribution is 5.95. The fraction of sp³-hybridized carbons (Fsp3) is 0.385. The molecule has 1 atom stereocenters. The van der Waals surface area contributed by atoms with E-state index >= 15 is 0 Å². The van der Waals surface area contributed by atoms with Crippen molar-refractivity contribution in [3.05, 3.63) is 35.9 Å². The number of rotatable bonds is 6. The molecule has 0 heterocycles. The highest BCUT2D eigenvalue weighted by atomic mass is 16.6. The molecule has 0 aliphatic carbocycles. The summed E-state index contributed by atoms with van der Waals surface area (Å²) in [6.45, 7) is 1.75.